The third-order valence-electron chi connectivity index (χ3n) is 11.8. The molecule has 0 bridgehead atoms. The summed E-state index contributed by atoms with van der Waals surface area (Å²) in [6.07, 6.45) is 0. The maximum absolute atomic E-state index is 3.92. The van der Waals surface area contributed by atoms with Gasteiger partial charge in [-0.2, -0.15) is 0 Å². The first-order valence-corrected chi connectivity index (χ1v) is 17.7. The van der Waals surface area contributed by atoms with E-state index in [0.29, 0.717) is 0 Å². The second-order valence-corrected chi connectivity index (χ2v) is 15.7. The summed E-state index contributed by atoms with van der Waals surface area (Å²) in [7, 11) is 0. The normalized spacial score (nSPS) is 14.0. The lowest BCUT2D eigenvalue weighted by Gasteiger charge is -2.32. The van der Waals surface area contributed by atoms with Crippen LogP contribution in [0.4, 0.5) is 0 Å². The van der Waals surface area contributed by atoms with Gasteiger partial charge in [0, 0.05) is 8.95 Å². The van der Waals surface area contributed by atoms with Crippen molar-refractivity contribution >= 4 is 110 Å². The van der Waals surface area contributed by atoms with Gasteiger partial charge in [-0.15, -0.1) is 0 Å². The molecule has 0 amide bonds. The maximum atomic E-state index is 3.92. The van der Waals surface area contributed by atoms with Crippen molar-refractivity contribution in [2.45, 2.75) is 13.8 Å². The Morgan fingerprint density at radius 2 is 0.783 bits per heavy atom. The number of benzene rings is 8. The van der Waals surface area contributed by atoms with Crippen molar-refractivity contribution in [3.63, 3.8) is 0 Å². The average Bonchev–Trinajstić information content (AvgIpc) is 3.57. The van der Waals surface area contributed by atoms with E-state index in [4.69, 9.17) is 0 Å². The summed E-state index contributed by atoms with van der Waals surface area (Å²) in [5, 5.41) is 8.60. The number of rotatable bonds is 0. The van der Waals surface area contributed by atoms with Crippen LogP contribution in [-0.4, -0.2) is 13.4 Å². The molecule has 210 valence electrons. The van der Waals surface area contributed by atoms with Crippen LogP contribution in [0.15, 0.2) is 106 Å². The van der Waals surface area contributed by atoms with Crippen LogP contribution in [0, 0.1) is 13.8 Å². The van der Waals surface area contributed by atoms with Gasteiger partial charge in [-0.3, -0.25) is 0 Å². The first-order chi connectivity index (χ1) is 22.5. The van der Waals surface area contributed by atoms with Gasteiger partial charge >= 0.3 is 0 Å². The van der Waals surface area contributed by atoms with Crippen LogP contribution in [0.5, 0.6) is 0 Å². The third-order valence-corrected chi connectivity index (χ3v) is 12.7. The van der Waals surface area contributed by atoms with E-state index in [1.165, 1.54) is 121 Å². The van der Waals surface area contributed by atoms with Crippen molar-refractivity contribution in [3.05, 3.63) is 117 Å². The van der Waals surface area contributed by atoms with Crippen LogP contribution < -0.4 is 32.8 Å². The Balaban J connectivity index is 1.32. The highest BCUT2D eigenvalue weighted by molar-refractivity contribution is 9.10. The van der Waals surface area contributed by atoms with Crippen LogP contribution in [0.25, 0.3) is 76.8 Å². The maximum Gasteiger partial charge on any atom is 0.244 e. The van der Waals surface area contributed by atoms with Crippen LogP contribution >= 0.6 is 31.9 Å². The molecule has 4 heterocycles. The van der Waals surface area contributed by atoms with Crippen molar-refractivity contribution in [2.75, 3.05) is 0 Å². The van der Waals surface area contributed by atoms with Crippen molar-refractivity contribution in [1.82, 2.24) is 0 Å². The number of fused-ring (bicyclic) bond motifs is 10. The zero-order valence-electron chi connectivity index (χ0n) is 25.1. The number of aryl methyl sites for hydroxylation is 2. The highest BCUT2D eigenvalue weighted by Gasteiger charge is 2.44. The van der Waals surface area contributed by atoms with Crippen LogP contribution in [0.2, 0.25) is 0 Å². The largest absolute Gasteiger partial charge is 0.244 e. The highest BCUT2D eigenvalue weighted by Crippen LogP contribution is 2.48. The van der Waals surface area contributed by atoms with E-state index >= 15 is 0 Å². The molecule has 0 spiro atoms. The molecule has 0 saturated carbocycles. The molecule has 0 fully saturated rings. The molecule has 12 rings (SSSR count). The predicted octanol–water partition coefficient (Wildman–Crippen LogP) is 7.68. The SMILES string of the molecule is Cc1cc2c3c(cc4c(C)cc5c6c(cc1c3c46)B1c3ccccc3-c3cc(Br)cc-5c31)B1c3ccccc3-c3cc(Br)cc-2c31. The smallest absolute Gasteiger partial charge is 0.0664 e. The lowest BCUT2D eigenvalue weighted by Crippen LogP contribution is -2.53. The summed E-state index contributed by atoms with van der Waals surface area (Å²) in [6.45, 7) is 5.15. The second kappa shape index (κ2) is 8.05. The number of hydrogen-bond donors (Lipinski definition) is 0. The number of halogens is 2. The fourth-order valence-corrected chi connectivity index (χ4v) is 11.1. The zero-order chi connectivity index (χ0) is 30.3. The van der Waals surface area contributed by atoms with E-state index < -0.39 is 0 Å². The zero-order valence-corrected chi connectivity index (χ0v) is 28.3. The molecule has 8 aromatic rings. The van der Waals surface area contributed by atoms with Gasteiger partial charge in [0.2, 0.25) is 13.4 Å². The van der Waals surface area contributed by atoms with Crippen molar-refractivity contribution in [1.29, 1.82) is 0 Å². The quantitative estimate of drug-likeness (QED) is 0.112. The summed E-state index contributed by atoms with van der Waals surface area (Å²) >= 11 is 7.84. The number of hydrogen-bond acceptors (Lipinski definition) is 0. The van der Waals surface area contributed by atoms with Crippen molar-refractivity contribution in [3.8, 4) is 44.5 Å². The van der Waals surface area contributed by atoms with Crippen LogP contribution in [-0.2, 0) is 0 Å². The molecule has 4 aliphatic rings. The summed E-state index contributed by atoms with van der Waals surface area (Å²) in [5.41, 5.74) is 22.5. The standard InChI is InChI=1S/C42H22B2Br2/c1-19-11-27-31-15-21(45)13-29-23-7-4-6-10-34(23)44(41(29)31)36-18-26-20(2)12-28-32-16-22(46)14-30-24-8-3-5-9-33(24)43(42(30)32)35-17-25(19)39(37(27)36)40(26)38(28)35/h3-18H,1-2H3. The molecule has 8 aromatic carbocycles. The van der Waals surface area contributed by atoms with Gasteiger partial charge in [0.1, 0.15) is 0 Å². The van der Waals surface area contributed by atoms with Gasteiger partial charge in [-0.1, -0.05) is 137 Å². The summed E-state index contributed by atoms with van der Waals surface area (Å²) in [5.74, 6) is 0. The highest BCUT2D eigenvalue weighted by atomic mass is 79.9. The molecule has 46 heavy (non-hydrogen) atoms. The Labute approximate surface area is 284 Å². The van der Waals surface area contributed by atoms with Gasteiger partial charge in [0.05, 0.1) is 0 Å². The molecule has 4 heteroatoms. The molecule has 0 radical (unpaired) electrons. The summed E-state index contributed by atoms with van der Waals surface area (Å²) in [4.78, 5) is 0. The monoisotopic (exact) mass is 706 g/mol. The Bertz CT molecular complexity index is 2620. The average molecular weight is 708 g/mol. The van der Waals surface area contributed by atoms with Crippen LogP contribution in [0.3, 0.4) is 0 Å². The fourth-order valence-electron chi connectivity index (χ4n) is 10.2. The minimum Gasteiger partial charge on any atom is -0.0664 e. The fraction of sp³-hybridized carbons (Fsp3) is 0.0476. The topological polar surface area (TPSA) is 0 Å². The first-order valence-electron chi connectivity index (χ1n) is 16.1. The second-order valence-electron chi connectivity index (χ2n) is 13.9. The molecule has 0 saturated heterocycles. The van der Waals surface area contributed by atoms with Gasteiger partial charge in [0.15, 0.2) is 0 Å². The summed E-state index contributed by atoms with van der Waals surface area (Å²) in [6, 6.07) is 37.8. The summed E-state index contributed by atoms with van der Waals surface area (Å²) < 4.78 is 2.30. The molecule has 4 aliphatic heterocycles. The van der Waals surface area contributed by atoms with E-state index in [0.717, 1.165) is 8.95 Å². The molecule has 0 nitrogen and oxygen atoms in total. The Kier molecular flexibility index (Phi) is 4.38. The molecule has 0 atom stereocenters. The van der Waals surface area contributed by atoms with Crippen molar-refractivity contribution < 1.29 is 0 Å². The lowest BCUT2D eigenvalue weighted by atomic mass is 9.34. The van der Waals surface area contributed by atoms with E-state index in [-0.39, 0.29) is 13.4 Å². The molecule has 0 N–H and O–H groups in total. The predicted molar refractivity (Wildman–Crippen MR) is 206 cm³/mol. The van der Waals surface area contributed by atoms with Gasteiger partial charge in [0.25, 0.3) is 0 Å². The van der Waals surface area contributed by atoms with Crippen molar-refractivity contribution in [2.24, 2.45) is 0 Å². The molecule has 0 unspecified atom stereocenters. The van der Waals surface area contributed by atoms with E-state index in [2.05, 4.69) is 143 Å². The molecular formula is C42H22B2Br2. The van der Waals surface area contributed by atoms with E-state index in [1.807, 2.05) is 0 Å². The Morgan fingerprint density at radius 1 is 0.391 bits per heavy atom. The first kappa shape index (κ1) is 25.0. The van der Waals surface area contributed by atoms with Crippen LogP contribution in [0.1, 0.15) is 11.1 Å². The lowest BCUT2D eigenvalue weighted by molar-refractivity contribution is 1.52. The van der Waals surface area contributed by atoms with E-state index in [1.54, 1.807) is 0 Å². The molecule has 0 aromatic heterocycles. The Hall–Kier alpha value is -4.11. The van der Waals surface area contributed by atoms with Gasteiger partial charge in [-0.05, 0) is 126 Å². The minimum absolute atomic E-state index is 0.239. The third kappa shape index (κ3) is 2.69. The van der Waals surface area contributed by atoms with Gasteiger partial charge in [-0.25, -0.2) is 0 Å². The molecule has 0 aliphatic carbocycles. The van der Waals surface area contributed by atoms with Gasteiger partial charge < -0.3 is 0 Å². The minimum atomic E-state index is 0.239. The van der Waals surface area contributed by atoms with E-state index in [9.17, 15) is 0 Å². The molecular weight excluding hydrogens is 686 g/mol. The Morgan fingerprint density at radius 3 is 1.22 bits per heavy atom.